The van der Waals surface area contributed by atoms with Crippen molar-refractivity contribution in [1.82, 2.24) is 5.32 Å². The number of rotatable bonds is 9. The van der Waals surface area contributed by atoms with E-state index in [1.165, 1.54) is 20.8 Å². The van der Waals surface area contributed by atoms with Gasteiger partial charge in [0.15, 0.2) is 12.2 Å². The van der Waals surface area contributed by atoms with Crippen LogP contribution in [0.25, 0.3) is 0 Å². The first-order valence-corrected chi connectivity index (χ1v) is 10.8. The van der Waals surface area contributed by atoms with Crippen LogP contribution >= 0.6 is 11.6 Å². The van der Waals surface area contributed by atoms with Crippen LogP contribution < -0.4 is 5.32 Å². The van der Waals surface area contributed by atoms with Crippen molar-refractivity contribution in [3.63, 3.8) is 0 Å². The summed E-state index contributed by atoms with van der Waals surface area (Å²) in [6, 6.07) is 16.4. The Kier molecular flexibility index (Phi) is 9.01. The number of benzene rings is 2. The third kappa shape index (κ3) is 7.92. The van der Waals surface area contributed by atoms with E-state index in [-0.39, 0.29) is 12.0 Å². The normalized spacial score (nSPS) is 12.7. The highest BCUT2D eigenvalue weighted by molar-refractivity contribution is 6.30. The second-order valence-electron chi connectivity index (χ2n) is 8.20. The number of nitrogens with one attached hydrogen (secondary N) is 1. The molecule has 0 aromatic heterocycles. The minimum atomic E-state index is -1.48. The van der Waals surface area contributed by atoms with E-state index >= 15 is 0 Å². The molecule has 2 unspecified atom stereocenters. The summed E-state index contributed by atoms with van der Waals surface area (Å²) < 4.78 is 9.84. The van der Waals surface area contributed by atoms with Gasteiger partial charge in [-0.2, -0.15) is 5.26 Å². The van der Waals surface area contributed by atoms with Crippen molar-refractivity contribution in [3.8, 4) is 6.07 Å². The molecule has 0 spiro atoms. The lowest BCUT2D eigenvalue weighted by atomic mass is 9.85. The Morgan fingerprint density at radius 2 is 1.82 bits per heavy atom. The number of nitriles is 1. The fourth-order valence-electron chi connectivity index (χ4n) is 3.30. The largest absolute Gasteiger partial charge is 0.454 e. The molecule has 33 heavy (non-hydrogen) atoms. The summed E-state index contributed by atoms with van der Waals surface area (Å²) in [6.07, 6.45) is 0.583. The smallest absolute Gasteiger partial charge is 0.345 e. The molecule has 1 N–H and O–H groups in total. The molecule has 7 nitrogen and oxygen atoms in total. The van der Waals surface area contributed by atoms with Crippen LogP contribution in [0.1, 0.15) is 50.3 Å². The lowest BCUT2D eigenvalue weighted by Crippen LogP contribution is -2.50. The highest BCUT2D eigenvalue weighted by atomic mass is 35.5. The van der Waals surface area contributed by atoms with Gasteiger partial charge in [-0.25, -0.2) is 4.79 Å². The zero-order valence-electron chi connectivity index (χ0n) is 19.1. The van der Waals surface area contributed by atoms with Crippen molar-refractivity contribution in [2.24, 2.45) is 0 Å². The van der Waals surface area contributed by atoms with Crippen molar-refractivity contribution in [2.75, 3.05) is 6.61 Å². The zero-order chi connectivity index (χ0) is 24.6. The fraction of sp³-hybridized carbons (Fsp3) is 0.360. The van der Waals surface area contributed by atoms with E-state index in [0.29, 0.717) is 17.0 Å². The van der Waals surface area contributed by atoms with Gasteiger partial charge < -0.3 is 14.8 Å². The van der Waals surface area contributed by atoms with Gasteiger partial charge in [0.2, 0.25) is 0 Å². The Balaban J connectivity index is 2.20. The number of hydrogen-bond acceptors (Lipinski definition) is 6. The van der Waals surface area contributed by atoms with Crippen LogP contribution in [0.5, 0.6) is 0 Å². The predicted octanol–water partition coefficient (Wildman–Crippen LogP) is 3.93. The standard InChI is InChI=1S/C25H27ClN2O5/c1-16(28-24(31)25(3,4)33-23(30)15-32-17(2)29)22(13-18-8-10-21(26)11-9-18)20-7-5-6-19(12-20)14-27/h5-12,16,22H,13,15H2,1-4H3,(H,28,31). The van der Waals surface area contributed by atoms with Crippen LogP contribution in [0.4, 0.5) is 0 Å². The molecule has 0 saturated heterocycles. The zero-order valence-corrected chi connectivity index (χ0v) is 19.8. The molecule has 0 aliphatic carbocycles. The Labute approximate surface area is 198 Å². The topological polar surface area (TPSA) is 105 Å². The average molecular weight is 471 g/mol. The van der Waals surface area contributed by atoms with Crippen molar-refractivity contribution in [1.29, 1.82) is 5.26 Å². The lowest BCUT2D eigenvalue weighted by Gasteiger charge is -2.30. The Morgan fingerprint density at radius 1 is 1.15 bits per heavy atom. The van der Waals surface area contributed by atoms with E-state index in [2.05, 4.69) is 16.1 Å². The minimum Gasteiger partial charge on any atom is -0.454 e. The molecule has 174 valence electrons. The number of carbonyl (C=O) groups excluding carboxylic acids is 3. The Morgan fingerprint density at radius 3 is 2.42 bits per heavy atom. The number of halogens is 1. The second-order valence-corrected chi connectivity index (χ2v) is 8.64. The van der Waals surface area contributed by atoms with E-state index in [1.807, 2.05) is 25.1 Å². The number of hydrogen-bond donors (Lipinski definition) is 1. The van der Waals surface area contributed by atoms with Crippen LogP contribution in [-0.4, -0.2) is 36.1 Å². The SMILES string of the molecule is CC(=O)OCC(=O)OC(C)(C)C(=O)NC(C)C(Cc1ccc(Cl)cc1)c1cccc(C#N)c1. The van der Waals surface area contributed by atoms with E-state index in [4.69, 9.17) is 16.3 Å². The molecule has 2 atom stereocenters. The lowest BCUT2D eigenvalue weighted by molar-refractivity contribution is -0.171. The molecule has 2 rings (SSSR count). The summed E-state index contributed by atoms with van der Waals surface area (Å²) in [5, 5.41) is 12.9. The maximum atomic E-state index is 12.9. The minimum absolute atomic E-state index is 0.170. The van der Waals surface area contributed by atoms with Crippen molar-refractivity contribution < 1.29 is 23.9 Å². The number of carbonyl (C=O) groups is 3. The van der Waals surface area contributed by atoms with E-state index in [9.17, 15) is 19.6 Å². The first kappa shape index (κ1) is 25.9. The number of esters is 2. The summed E-state index contributed by atoms with van der Waals surface area (Å²) >= 11 is 6.01. The predicted molar refractivity (Wildman–Crippen MR) is 123 cm³/mol. The number of amides is 1. The van der Waals surface area contributed by atoms with Gasteiger partial charge in [0.25, 0.3) is 5.91 Å². The molecule has 0 aliphatic rings. The van der Waals surface area contributed by atoms with E-state index in [0.717, 1.165) is 11.1 Å². The van der Waals surface area contributed by atoms with Crippen LogP contribution in [0.2, 0.25) is 5.02 Å². The summed E-state index contributed by atoms with van der Waals surface area (Å²) in [4.78, 5) is 35.7. The molecule has 0 aliphatic heterocycles. The summed E-state index contributed by atoms with van der Waals surface area (Å²) in [6.45, 7) is 5.39. The van der Waals surface area contributed by atoms with Crippen molar-refractivity contribution in [2.45, 2.75) is 51.7 Å². The summed E-state index contributed by atoms with van der Waals surface area (Å²) in [5.41, 5.74) is 0.943. The second kappa shape index (κ2) is 11.5. The molecule has 2 aromatic carbocycles. The van der Waals surface area contributed by atoms with Crippen LogP contribution in [0.15, 0.2) is 48.5 Å². The van der Waals surface area contributed by atoms with Gasteiger partial charge >= 0.3 is 11.9 Å². The molecular weight excluding hydrogens is 444 g/mol. The molecule has 0 radical (unpaired) electrons. The Bertz CT molecular complexity index is 1040. The van der Waals surface area contributed by atoms with Crippen molar-refractivity contribution in [3.05, 3.63) is 70.2 Å². The third-order valence-corrected chi connectivity index (χ3v) is 5.34. The first-order chi connectivity index (χ1) is 15.5. The molecule has 2 aromatic rings. The Hall–Kier alpha value is -3.37. The molecule has 8 heteroatoms. The fourth-order valence-corrected chi connectivity index (χ4v) is 3.42. The van der Waals surface area contributed by atoms with Gasteiger partial charge in [0.05, 0.1) is 11.6 Å². The quantitative estimate of drug-likeness (QED) is 0.556. The summed E-state index contributed by atoms with van der Waals surface area (Å²) in [5.74, 6) is -2.11. The van der Waals surface area contributed by atoms with Gasteiger partial charge in [-0.05, 0) is 62.6 Å². The molecule has 0 saturated carbocycles. The maximum absolute atomic E-state index is 12.9. The highest BCUT2D eigenvalue weighted by Gasteiger charge is 2.34. The molecule has 1 amide bonds. The third-order valence-electron chi connectivity index (χ3n) is 5.08. The van der Waals surface area contributed by atoms with Crippen LogP contribution in [0.3, 0.4) is 0 Å². The van der Waals surface area contributed by atoms with Crippen LogP contribution in [-0.2, 0) is 30.3 Å². The maximum Gasteiger partial charge on any atom is 0.345 e. The summed E-state index contributed by atoms with van der Waals surface area (Å²) in [7, 11) is 0. The number of ether oxygens (including phenoxy) is 2. The first-order valence-electron chi connectivity index (χ1n) is 10.4. The molecule has 0 heterocycles. The van der Waals surface area contributed by atoms with Gasteiger partial charge in [0.1, 0.15) is 0 Å². The van der Waals surface area contributed by atoms with Crippen LogP contribution in [0, 0.1) is 11.3 Å². The average Bonchev–Trinajstić information content (AvgIpc) is 2.76. The monoisotopic (exact) mass is 470 g/mol. The van der Waals surface area contributed by atoms with Gasteiger partial charge in [0, 0.05) is 23.9 Å². The van der Waals surface area contributed by atoms with Crippen molar-refractivity contribution >= 4 is 29.4 Å². The van der Waals surface area contributed by atoms with Gasteiger partial charge in [-0.15, -0.1) is 0 Å². The highest BCUT2D eigenvalue weighted by Crippen LogP contribution is 2.27. The number of nitrogens with zero attached hydrogens (tertiary/aromatic N) is 1. The van der Waals surface area contributed by atoms with E-state index < -0.39 is 30.1 Å². The molecule has 0 fully saturated rings. The molecule has 0 bridgehead atoms. The molecular formula is C25H27ClN2O5. The van der Waals surface area contributed by atoms with E-state index in [1.54, 1.807) is 30.3 Å². The van der Waals surface area contributed by atoms with Gasteiger partial charge in [-0.3, -0.25) is 9.59 Å². The van der Waals surface area contributed by atoms with Gasteiger partial charge in [-0.1, -0.05) is 35.9 Å².